The molecule has 1 aliphatic rings. The fourth-order valence-electron chi connectivity index (χ4n) is 3.64. The van der Waals surface area contributed by atoms with Crippen molar-refractivity contribution in [3.05, 3.63) is 74.1 Å². The minimum Gasteiger partial charge on any atom is -0.392 e. The molecule has 2 N–H and O–H groups in total. The third-order valence-corrected chi connectivity index (χ3v) is 5.87. The molecule has 0 spiro atoms. The summed E-state index contributed by atoms with van der Waals surface area (Å²) in [6, 6.07) is 13.9. The van der Waals surface area contributed by atoms with Crippen LogP contribution in [-0.4, -0.2) is 21.0 Å². The minimum absolute atomic E-state index is 0.0392. The number of nitrogens with one attached hydrogen (secondary N) is 1. The number of hydrogen-bond acceptors (Lipinski definition) is 4. The van der Waals surface area contributed by atoms with Crippen LogP contribution < -0.4 is 5.32 Å². The summed E-state index contributed by atoms with van der Waals surface area (Å²) in [6.07, 6.45) is 2.62. The molecule has 0 radical (unpaired) electrons. The molecule has 5 nitrogen and oxygen atoms in total. The lowest BCUT2D eigenvalue weighted by atomic mass is 9.90. The molecule has 6 heteroatoms. The van der Waals surface area contributed by atoms with E-state index in [0.717, 1.165) is 50.2 Å². The van der Waals surface area contributed by atoms with E-state index in [1.165, 1.54) is 5.56 Å². The van der Waals surface area contributed by atoms with Crippen molar-refractivity contribution in [3.63, 3.8) is 0 Å². The van der Waals surface area contributed by atoms with E-state index in [2.05, 4.69) is 27.9 Å². The SMILES string of the molecule is CCc1nc2c(nc1NC(=O)Cc1ccc(I)cc1)CCc1cc(CO)ccc1-2. The van der Waals surface area contributed by atoms with Crippen LogP contribution in [0.1, 0.15) is 35.0 Å². The van der Waals surface area contributed by atoms with E-state index >= 15 is 0 Å². The topological polar surface area (TPSA) is 75.1 Å². The van der Waals surface area contributed by atoms with Gasteiger partial charge in [0, 0.05) is 9.13 Å². The number of aromatic nitrogens is 2. The molecular formula is C23H22IN3O2. The van der Waals surface area contributed by atoms with E-state index in [1.54, 1.807) is 0 Å². The van der Waals surface area contributed by atoms with Gasteiger partial charge >= 0.3 is 0 Å². The number of anilines is 1. The van der Waals surface area contributed by atoms with Crippen LogP contribution in [0.2, 0.25) is 0 Å². The van der Waals surface area contributed by atoms with E-state index in [0.29, 0.717) is 18.7 Å². The third kappa shape index (κ3) is 4.33. The van der Waals surface area contributed by atoms with Crippen LogP contribution >= 0.6 is 22.6 Å². The standard InChI is InChI=1S/C23H22IN3O2/c1-2-19-23(27-21(29)12-14-3-7-17(24)8-4-14)26-20-10-6-16-11-15(13-28)5-9-18(16)22(20)25-19/h3-5,7-9,11,28H,2,6,10,12-13H2,1H3,(H,26,27,29). The van der Waals surface area contributed by atoms with Crippen molar-refractivity contribution >= 4 is 34.3 Å². The van der Waals surface area contributed by atoms with Crippen molar-refractivity contribution in [3.8, 4) is 11.3 Å². The molecule has 1 aromatic heterocycles. The van der Waals surface area contributed by atoms with E-state index in [-0.39, 0.29) is 12.5 Å². The summed E-state index contributed by atoms with van der Waals surface area (Å²) in [5, 5.41) is 12.4. The lowest BCUT2D eigenvalue weighted by Crippen LogP contribution is -2.19. The van der Waals surface area contributed by atoms with Crippen molar-refractivity contribution in [2.24, 2.45) is 0 Å². The second kappa shape index (κ2) is 8.59. The van der Waals surface area contributed by atoms with Crippen LogP contribution in [0, 0.1) is 3.57 Å². The Morgan fingerprint density at radius 2 is 1.86 bits per heavy atom. The number of nitrogens with zero attached hydrogens (tertiary/aromatic N) is 2. The highest BCUT2D eigenvalue weighted by atomic mass is 127. The van der Waals surface area contributed by atoms with Crippen LogP contribution in [0.25, 0.3) is 11.3 Å². The fourth-order valence-corrected chi connectivity index (χ4v) is 4.00. The van der Waals surface area contributed by atoms with Gasteiger partial charge in [-0.05, 0) is 70.7 Å². The molecule has 0 saturated carbocycles. The Bertz CT molecular complexity index is 1060. The molecule has 3 aromatic rings. The average Bonchev–Trinajstić information content (AvgIpc) is 2.74. The van der Waals surface area contributed by atoms with Crippen LogP contribution in [0.4, 0.5) is 5.82 Å². The maximum absolute atomic E-state index is 12.6. The lowest BCUT2D eigenvalue weighted by Gasteiger charge is -2.21. The first kappa shape index (κ1) is 20.0. The molecule has 0 atom stereocenters. The first-order valence-electron chi connectivity index (χ1n) is 9.74. The molecule has 1 aliphatic carbocycles. The summed E-state index contributed by atoms with van der Waals surface area (Å²) in [5.74, 6) is 0.483. The molecule has 29 heavy (non-hydrogen) atoms. The van der Waals surface area contributed by atoms with Crippen LogP contribution in [0.15, 0.2) is 42.5 Å². The molecule has 0 saturated heterocycles. The Hall–Kier alpha value is -2.32. The monoisotopic (exact) mass is 499 g/mol. The second-order valence-corrected chi connectivity index (χ2v) is 8.41. The molecule has 1 heterocycles. The van der Waals surface area contributed by atoms with Gasteiger partial charge in [0.25, 0.3) is 0 Å². The summed E-state index contributed by atoms with van der Waals surface area (Å²) in [4.78, 5) is 22.2. The largest absolute Gasteiger partial charge is 0.392 e. The number of aliphatic hydroxyl groups excluding tert-OH is 1. The van der Waals surface area contributed by atoms with Crippen molar-refractivity contribution in [1.82, 2.24) is 9.97 Å². The van der Waals surface area contributed by atoms with Gasteiger partial charge in [0.2, 0.25) is 5.91 Å². The maximum Gasteiger partial charge on any atom is 0.229 e. The number of aliphatic hydroxyl groups is 1. The van der Waals surface area contributed by atoms with Gasteiger partial charge in [-0.15, -0.1) is 0 Å². The average molecular weight is 499 g/mol. The number of carbonyl (C=O) groups excluding carboxylic acids is 1. The Labute approximate surface area is 183 Å². The van der Waals surface area contributed by atoms with Crippen LogP contribution in [-0.2, 0) is 37.1 Å². The molecule has 0 unspecified atom stereocenters. The zero-order valence-corrected chi connectivity index (χ0v) is 18.4. The smallest absolute Gasteiger partial charge is 0.229 e. The Balaban J connectivity index is 1.60. The summed E-state index contributed by atoms with van der Waals surface area (Å²) < 4.78 is 1.15. The van der Waals surface area contributed by atoms with Crippen LogP contribution in [0.3, 0.4) is 0 Å². The molecule has 0 aliphatic heterocycles. The Morgan fingerprint density at radius 1 is 1.10 bits per heavy atom. The quantitative estimate of drug-likeness (QED) is 0.519. The predicted octanol–water partition coefficient (Wildman–Crippen LogP) is 4.08. The first-order chi connectivity index (χ1) is 14.1. The highest BCUT2D eigenvalue weighted by Gasteiger charge is 2.22. The lowest BCUT2D eigenvalue weighted by molar-refractivity contribution is -0.115. The molecule has 2 aromatic carbocycles. The number of hydrogen-bond donors (Lipinski definition) is 2. The summed E-state index contributed by atoms with van der Waals surface area (Å²) in [6.45, 7) is 2.06. The van der Waals surface area contributed by atoms with Gasteiger partial charge < -0.3 is 10.4 Å². The summed E-state index contributed by atoms with van der Waals surface area (Å²) in [5.41, 5.74) is 6.74. The van der Waals surface area contributed by atoms with Gasteiger partial charge in [-0.25, -0.2) is 9.97 Å². The van der Waals surface area contributed by atoms with Crippen LogP contribution in [0.5, 0.6) is 0 Å². The molecule has 4 rings (SSSR count). The van der Waals surface area contributed by atoms with E-state index in [4.69, 9.17) is 9.97 Å². The van der Waals surface area contributed by atoms with Gasteiger partial charge in [-0.2, -0.15) is 0 Å². The molecular weight excluding hydrogens is 477 g/mol. The zero-order valence-electron chi connectivity index (χ0n) is 16.2. The maximum atomic E-state index is 12.6. The normalized spacial score (nSPS) is 12.2. The predicted molar refractivity (Wildman–Crippen MR) is 122 cm³/mol. The van der Waals surface area contributed by atoms with Crippen molar-refractivity contribution in [2.75, 3.05) is 5.32 Å². The van der Waals surface area contributed by atoms with E-state index in [1.807, 2.05) is 49.4 Å². The first-order valence-corrected chi connectivity index (χ1v) is 10.8. The van der Waals surface area contributed by atoms with E-state index < -0.39 is 0 Å². The van der Waals surface area contributed by atoms with Crippen molar-refractivity contribution < 1.29 is 9.90 Å². The number of benzene rings is 2. The van der Waals surface area contributed by atoms with Gasteiger partial charge in [-0.1, -0.05) is 37.3 Å². The van der Waals surface area contributed by atoms with Crippen molar-refractivity contribution in [1.29, 1.82) is 0 Å². The molecule has 0 bridgehead atoms. The summed E-state index contributed by atoms with van der Waals surface area (Å²) >= 11 is 2.25. The summed E-state index contributed by atoms with van der Waals surface area (Å²) in [7, 11) is 0. The number of halogens is 1. The zero-order chi connectivity index (χ0) is 20.4. The Kier molecular flexibility index (Phi) is 5.91. The number of amides is 1. The Morgan fingerprint density at radius 3 is 2.59 bits per heavy atom. The van der Waals surface area contributed by atoms with E-state index in [9.17, 15) is 9.90 Å². The molecule has 0 fully saturated rings. The number of fused-ring (bicyclic) bond motifs is 3. The highest BCUT2D eigenvalue weighted by Crippen LogP contribution is 2.33. The number of rotatable bonds is 5. The number of aryl methyl sites for hydroxylation is 3. The fraction of sp³-hybridized carbons (Fsp3) is 0.261. The minimum atomic E-state index is -0.0843. The van der Waals surface area contributed by atoms with Gasteiger partial charge in [0.05, 0.1) is 30.1 Å². The molecule has 148 valence electrons. The van der Waals surface area contributed by atoms with Gasteiger partial charge in [0.15, 0.2) is 5.82 Å². The van der Waals surface area contributed by atoms with Crippen molar-refractivity contribution in [2.45, 2.75) is 39.2 Å². The third-order valence-electron chi connectivity index (χ3n) is 5.15. The highest BCUT2D eigenvalue weighted by molar-refractivity contribution is 14.1. The van der Waals surface area contributed by atoms with Gasteiger partial charge in [-0.3, -0.25) is 4.79 Å². The number of carbonyl (C=O) groups is 1. The second-order valence-electron chi connectivity index (χ2n) is 7.17. The van der Waals surface area contributed by atoms with Gasteiger partial charge in [0.1, 0.15) is 0 Å². The molecule has 1 amide bonds.